The van der Waals surface area contributed by atoms with Crippen molar-refractivity contribution in [2.45, 2.75) is 144 Å². The number of hydrogen-bond acceptors (Lipinski definition) is 12. The summed E-state index contributed by atoms with van der Waals surface area (Å²) in [7, 11) is 3.91. The first-order chi connectivity index (χ1) is 35.0. The second kappa shape index (κ2) is 28.7. The number of hydrogen-bond donors (Lipinski definition) is 5. The molecule has 3 atom stereocenters. The molecule has 4 heterocycles. The lowest BCUT2D eigenvalue weighted by Crippen LogP contribution is -2.50. The Hall–Kier alpha value is -5.65. The topological polar surface area (TPSA) is 204 Å². The Bertz CT molecular complexity index is 2280. The molecule has 4 aliphatic rings. The van der Waals surface area contributed by atoms with Crippen LogP contribution in [0.2, 0.25) is 0 Å². The highest BCUT2D eigenvalue weighted by atomic mass is 16.5. The van der Waals surface area contributed by atoms with Crippen molar-refractivity contribution < 1.29 is 33.4 Å². The fourth-order valence-electron chi connectivity index (χ4n) is 9.41. The molecule has 5 rings (SSSR count). The van der Waals surface area contributed by atoms with Gasteiger partial charge in [0.15, 0.2) is 11.6 Å². The van der Waals surface area contributed by atoms with Crippen LogP contribution in [-0.2, 0) is 38.9 Å². The van der Waals surface area contributed by atoms with E-state index >= 15 is 0 Å². The Morgan fingerprint density at radius 2 is 1.77 bits per heavy atom. The van der Waals surface area contributed by atoms with E-state index in [1.165, 1.54) is 0 Å². The van der Waals surface area contributed by atoms with Crippen LogP contribution in [0, 0.1) is 11.3 Å². The maximum Gasteiger partial charge on any atom is 0.250 e. The normalized spacial score (nSPS) is 21.1. The van der Waals surface area contributed by atoms with Crippen molar-refractivity contribution in [3.05, 3.63) is 88.1 Å². The number of carbonyl (C=O) groups excluding carboxylic acids is 4. The van der Waals surface area contributed by atoms with Crippen LogP contribution in [0.25, 0.3) is 5.57 Å². The lowest BCUT2D eigenvalue weighted by Gasteiger charge is -2.41. The average Bonchev–Trinajstić information content (AvgIpc) is 3.92. The number of ether oxygens (including phenoxy) is 3. The molecule has 402 valence electrons. The molecule has 0 aromatic carbocycles. The van der Waals surface area contributed by atoms with E-state index in [2.05, 4.69) is 81.3 Å². The van der Waals surface area contributed by atoms with Gasteiger partial charge in [0.2, 0.25) is 17.7 Å². The second-order valence-corrected chi connectivity index (χ2v) is 20.5. The van der Waals surface area contributed by atoms with E-state index in [1.54, 1.807) is 7.05 Å². The van der Waals surface area contributed by atoms with Crippen LogP contribution in [0.4, 0.5) is 0 Å². The molecule has 3 aliphatic heterocycles. The van der Waals surface area contributed by atoms with Crippen LogP contribution in [0.5, 0.6) is 0 Å². The molecule has 0 radical (unpaired) electrons. The fourth-order valence-corrected chi connectivity index (χ4v) is 9.41. The smallest absolute Gasteiger partial charge is 0.250 e. The van der Waals surface area contributed by atoms with E-state index < -0.39 is 5.54 Å². The largest absolute Gasteiger partial charge is 0.498 e. The third kappa shape index (κ3) is 17.2. The Balaban J connectivity index is 0.923. The van der Waals surface area contributed by atoms with Gasteiger partial charge < -0.3 is 45.3 Å². The van der Waals surface area contributed by atoms with Crippen LogP contribution in [-0.4, -0.2) is 140 Å². The van der Waals surface area contributed by atoms with Gasteiger partial charge in [0.1, 0.15) is 6.61 Å². The predicted octanol–water partition coefficient (Wildman–Crippen LogP) is 7.11. The number of allylic oxidation sites excluding steroid dienone is 9. The Labute approximate surface area is 435 Å². The number of carbonyl (C=O) groups is 4. The van der Waals surface area contributed by atoms with E-state index in [4.69, 9.17) is 19.2 Å². The van der Waals surface area contributed by atoms with Gasteiger partial charge in [0.25, 0.3) is 5.91 Å². The molecular weight excluding hydrogens is 925 g/mol. The third-order valence-corrected chi connectivity index (χ3v) is 14.7. The molecule has 17 heteroatoms. The monoisotopic (exact) mass is 1010 g/mol. The number of aromatic nitrogens is 3. The number of rotatable bonds is 27. The minimum Gasteiger partial charge on any atom is -0.498 e. The summed E-state index contributed by atoms with van der Waals surface area (Å²) in [6.45, 7) is 20.7. The number of amides is 4. The number of likely N-dealkylation sites (tertiary alicyclic amines) is 1. The summed E-state index contributed by atoms with van der Waals surface area (Å²) >= 11 is 0. The van der Waals surface area contributed by atoms with Gasteiger partial charge in [-0.05, 0) is 123 Å². The van der Waals surface area contributed by atoms with Crippen molar-refractivity contribution in [3.63, 3.8) is 0 Å². The van der Waals surface area contributed by atoms with E-state index in [0.717, 1.165) is 92.0 Å². The van der Waals surface area contributed by atoms with Gasteiger partial charge >= 0.3 is 0 Å². The van der Waals surface area contributed by atoms with Gasteiger partial charge in [-0.2, -0.15) is 5.10 Å². The highest BCUT2D eigenvalue weighted by Crippen LogP contribution is 2.34. The molecule has 4 amide bonds. The molecule has 1 aromatic rings. The lowest BCUT2D eigenvalue weighted by atomic mass is 9.84. The van der Waals surface area contributed by atoms with Crippen molar-refractivity contribution in [2.24, 2.45) is 16.3 Å². The number of H-pyrrole nitrogens is 1. The van der Waals surface area contributed by atoms with E-state index in [9.17, 15) is 19.2 Å². The minimum atomic E-state index is -0.392. The summed E-state index contributed by atoms with van der Waals surface area (Å²) in [6.07, 6.45) is 24.6. The summed E-state index contributed by atoms with van der Waals surface area (Å²) in [6, 6.07) is -0.151. The average molecular weight is 1010 g/mol. The minimum absolute atomic E-state index is 0.0118. The number of piperidine rings is 2. The summed E-state index contributed by atoms with van der Waals surface area (Å²) < 4.78 is 17.3. The van der Waals surface area contributed by atoms with Gasteiger partial charge in [-0.15, -0.1) is 0 Å². The second-order valence-electron chi connectivity index (χ2n) is 20.5. The van der Waals surface area contributed by atoms with Crippen molar-refractivity contribution in [3.8, 4) is 0 Å². The number of nitrogens with one attached hydrogen (secondary N) is 5. The molecular formula is C56H86N10O7. The fraction of sp³-hybridized carbons (Fsp3) is 0.625. The SMILES string of the molecule is C/C=C(/NC(=O)COCCOCCCCCCO/C(C)=C/C=C\C(C)(C)[C@@H](C)NC(=O)C1C=CC=C(NC2(c3nc(/C(C)=C(\C)C=NC)n[nH]3)CCN(C)CC2)CC1)C1=C(CC)C(=O)N(C2CCC(=O)NC2)C1. The van der Waals surface area contributed by atoms with Gasteiger partial charge in [-0.1, -0.05) is 57.6 Å². The van der Waals surface area contributed by atoms with Crippen LogP contribution >= 0.6 is 0 Å². The molecule has 17 nitrogen and oxygen atoms in total. The molecule has 73 heavy (non-hydrogen) atoms. The van der Waals surface area contributed by atoms with Crippen molar-refractivity contribution in [2.75, 3.05) is 73.3 Å². The first kappa shape index (κ1) is 58.2. The summed E-state index contributed by atoms with van der Waals surface area (Å²) in [5, 5.41) is 20.9. The molecule has 1 aromatic heterocycles. The first-order valence-corrected chi connectivity index (χ1v) is 26.6. The molecule has 5 N–H and O–H groups in total. The number of aliphatic imine (C=N–C) groups is 1. The van der Waals surface area contributed by atoms with Gasteiger partial charge in [-0.3, -0.25) is 29.3 Å². The Morgan fingerprint density at radius 1 is 1.03 bits per heavy atom. The molecule has 0 bridgehead atoms. The Morgan fingerprint density at radius 3 is 2.47 bits per heavy atom. The molecule has 1 aliphatic carbocycles. The predicted molar refractivity (Wildman–Crippen MR) is 288 cm³/mol. The van der Waals surface area contributed by atoms with Crippen LogP contribution < -0.4 is 21.3 Å². The molecule has 0 saturated carbocycles. The standard InChI is InChI=1S/C56H86N10O7/c1-11-46-47(37-66(53(46)70)45-24-25-49(67)58-36-45)48(12-2)60-50(68)38-72-34-33-71-31-15-13-14-16-32-73-40(4)19-18-26-55(7,8)42(6)59-52(69)43-20-17-21-44(23-22-43)62-56(27-29-65(10)30-28-56)54-61-51(63-64-54)41(5)39(3)35-57-9/h12,17-21,26,35,42-43,45,62H,11,13-16,22-25,27-34,36-38H2,1-10H3,(H,58,67)(H,59,69)(H,60,68)(H,61,63,64)/b26-18-,40-19+,41-39+,48-12+,57-35?/t42-,43?,45?/m1/s1. The Kier molecular flexibility index (Phi) is 22.9. The first-order valence-electron chi connectivity index (χ1n) is 26.6. The van der Waals surface area contributed by atoms with Crippen molar-refractivity contribution in [1.82, 2.24) is 46.2 Å². The van der Waals surface area contributed by atoms with E-state index in [1.807, 2.05) is 76.1 Å². The zero-order valence-electron chi connectivity index (χ0n) is 45.6. The number of aromatic amines is 1. The maximum atomic E-state index is 13.7. The molecule has 2 saturated heterocycles. The van der Waals surface area contributed by atoms with Crippen LogP contribution in [0.1, 0.15) is 138 Å². The highest BCUT2D eigenvalue weighted by molar-refractivity contribution is 5.99. The molecule has 2 unspecified atom stereocenters. The van der Waals surface area contributed by atoms with Crippen molar-refractivity contribution in [1.29, 1.82) is 0 Å². The van der Waals surface area contributed by atoms with Crippen LogP contribution in [0.15, 0.2) is 81.4 Å². The van der Waals surface area contributed by atoms with Gasteiger partial charge in [0.05, 0.1) is 43.1 Å². The van der Waals surface area contributed by atoms with E-state index in [0.29, 0.717) is 82.3 Å². The van der Waals surface area contributed by atoms with Gasteiger partial charge in [-0.25, -0.2) is 4.98 Å². The van der Waals surface area contributed by atoms with Crippen LogP contribution in [0.3, 0.4) is 0 Å². The quantitative estimate of drug-likeness (QED) is 0.0260. The summed E-state index contributed by atoms with van der Waals surface area (Å²) in [4.78, 5) is 64.6. The van der Waals surface area contributed by atoms with E-state index in [-0.39, 0.29) is 53.7 Å². The zero-order valence-corrected chi connectivity index (χ0v) is 45.6. The number of nitrogens with zero attached hydrogens (tertiary/aromatic N) is 5. The third-order valence-electron chi connectivity index (χ3n) is 14.7. The van der Waals surface area contributed by atoms with Crippen molar-refractivity contribution >= 4 is 35.4 Å². The van der Waals surface area contributed by atoms with Gasteiger partial charge in [0, 0.05) is 86.5 Å². The summed E-state index contributed by atoms with van der Waals surface area (Å²) in [5.41, 5.74) is 4.56. The number of unbranched alkanes of at least 4 members (excludes halogenated alkanes) is 3. The maximum absolute atomic E-state index is 13.7. The lowest BCUT2D eigenvalue weighted by molar-refractivity contribution is -0.131. The summed E-state index contributed by atoms with van der Waals surface area (Å²) in [5.74, 6) is 1.84. The molecule has 2 fully saturated rings. The highest BCUT2D eigenvalue weighted by Gasteiger charge is 2.40. The molecule has 0 spiro atoms. The zero-order chi connectivity index (χ0) is 53.0.